The van der Waals surface area contributed by atoms with E-state index in [4.69, 9.17) is 9.47 Å². The van der Waals surface area contributed by atoms with Gasteiger partial charge in [0.1, 0.15) is 0 Å². The van der Waals surface area contributed by atoms with Crippen molar-refractivity contribution in [1.29, 1.82) is 0 Å². The van der Waals surface area contributed by atoms with Gasteiger partial charge in [-0.15, -0.1) is 0 Å². The van der Waals surface area contributed by atoms with E-state index >= 15 is 0 Å². The van der Waals surface area contributed by atoms with Gasteiger partial charge in [0, 0.05) is 39.9 Å². The molecule has 3 atom stereocenters. The maximum atomic E-state index is 5.24. The Bertz CT molecular complexity index is 231. The zero-order valence-corrected chi connectivity index (χ0v) is 13.9. The van der Waals surface area contributed by atoms with Crippen molar-refractivity contribution >= 4 is 0 Å². The molecule has 0 amide bonds. The van der Waals surface area contributed by atoms with E-state index in [9.17, 15) is 0 Å². The van der Waals surface area contributed by atoms with Crippen LogP contribution >= 0.6 is 0 Å². The molecule has 1 N–H and O–H groups in total. The van der Waals surface area contributed by atoms with Crippen molar-refractivity contribution in [1.82, 2.24) is 10.2 Å². The van der Waals surface area contributed by atoms with Crippen molar-refractivity contribution < 1.29 is 9.47 Å². The molecule has 1 aliphatic carbocycles. The standard InChI is InChI=1S/C16H34N2O2/c1-5-17-16-7-6-14(2)12-15(16)13-18(8-10-19-3)9-11-20-4/h14-17H,5-13H2,1-4H3. The van der Waals surface area contributed by atoms with E-state index in [0.29, 0.717) is 6.04 Å². The molecule has 120 valence electrons. The maximum Gasteiger partial charge on any atom is 0.0589 e. The van der Waals surface area contributed by atoms with Crippen LogP contribution in [-0.2, 0) is 9.47 Å². The lowest BCUT2D eigenvalue weighted by atomic mass is 9.78. The van der Waals surface area contributed by atoms with Gasteiger partial charge < -0.3 is 14.8 Å². The van der Waals surface area contributed by atoms with Gasteiger partial charge in [-0.05, 0) is 37.6 Å². The molecule has 0 bridgehead atoms. The summed E-state index contributed by atoms with van der Waals surface area (Å²) in [5, 5.41) is 3.68. The molecule has 1 fully saturated rings. The highest BCUT2D eigenvalue weighted by molar-refractivity contribution is 4.85. The SMILES string of the molecule is CCNC1CCC(C)CC1CN(CCOC)CCOC. The minimum absolute atomic E-state index is 0.684. The first-order valence-electron chi connectivity index (χ1n) is 8.14. The van der Waals surface area contributed by atoms with Gasteiger partial charge in [0.15, 0.2) is 0 Å². The first-order chi connectivity index (χ1) is 9.71. The molecule has 1 rings (SSSR count). The van der Waals surface area contributed by atoms with Crippen LogP contribution in [0.25, 0.3) is 0 Å². The third kappa shape index (κ3) is 6.53. The van der Waals surface area contributed by atoms with E-state index in [2.05, 4.69) is 24.1 Å². The molecule has 20 heavy (non-hydrogen) atoms. The number of rotatable bonds is 10. The summed E-state index contributed by atoms with van der Waals surface area (Å²) in [6.07, 6.45) is 4.03. The monoisotopic (exact) mass is 286 g/mol. The average molecular weight is 286 g/mol. The fourth-order valence-electron chi connectivity index (χ4n) is 3.30. The van der Waals surface area contributed by atoms with Crippen LogP contribution in [0.3, 0.4) is 0 Å². The minimum Gasteiger partial charge on any atom is -0.383 e. The minimum atomic E-state index is 0.684. The van der Waals surface area contributed by atoms with E-state index in [1.165, 1.54) is 19.3 Å². The number of methoxy groups -OCH3 is 2. The van der Waals surface area contributed by atoms with Crippen LogP contribution in [0, 0.1) is 11.8 Å². The predicted octanol–water partition coefficient (Wildman–Crippen LogP) is 2.00. The quantitative estimate of drug-likeness (QED) is 0.666. The molecule has 1 aliphatic rings. The molecular weight excluding hydrogens is 252 g/mol. The molecular formula is C16H34N2O2. The Labute approximate surface area is 125 Å². The molecule has 0 radical (unpaired) electrons. The molecule has 0 aliphatic heterocycles. The van der Waals surface area contributed by atoms with Crippen LogP contribution in [0.1, 0.15) is 33.1 Å². The molecule has 4 nitrogen and oxygen atoms in total. The molecule has 3 unspecified atom stereocenters. The number of hydrogen-bond donors (Lipinski definition) is 1. The predicted molar refractivity (Wildman–Crippen MR) is 84.2 cm³/mol. The highest BCUT2D eigenvalue weighted by Crippen LogP contribution is 2.29. The molecule has 0 spiro atoms. The number of nitrogens with zero attached hydrogens (tertiary/aromatic N) is 1. The highest BCUT2D eigenvalue weighted by Gasteiger charge is 2.29. The van der Waals surface area contributed by atoms with Crippen molar-refractivity contribution in [2.24, 2.45) is 11.8 Å². The Hall–Kier alpha value is -0.160. The van der Waals surface area contributed by atoms with Crippen LogP contribution in [0.4, 0.5) is 0 Å². The molecule has 4 heteroatoms. The van der Waals surface area contributed by atoms with Gasteiger partial charge in [0.25, 0.3) is 0 Å². The summed E-state index contributed by atoms with van der Waals surface area (Å²) in [7, 11) is 3.55. The maximum absolute atomic E-state index is 5.24. The Kier molecular flexibility index (Phi) is 9.44. The van der Waals surface area contributed by atoms with Gasteiger partial charge in [0.05, 0.1) is 13.2 Å². The van der Waals surface area contributed by atoms with Gasteiger partial charge in [0.2, 0.25) is 0 Å². The third-order valence-electron chi connectivity index (χ3n) is 4.43. The van der Waals surface area contributed by atoms with E-state index in [-0.39, 0.29) is 0 Å². The van der Waals surface area contributed by atoms with Gasteiger partial charge in [-0.2, -0.15) is 0 Å². The molecule has 0 aromatic carbocycles. The Balaban J connectivity index is 2.51. The van der Waals surface area contributed by atoms with Crippen molar-refractivity contribution in [2.45, 2.75) is 39.2 Å². The summed E-state index contributed by atoms with van der Waals surface area (Å²) >= 11 is 0. The fraction of sp³-hybridized carbons (Fsp3) is 1.00. The zero-order valence-electron chi connectivity index (χ0n) is 13.9. The van der Waals surface area contributed by atoms with Crippen LogP contribution in [-0.4, -0.2) is 64.6 Å². The van der Waals surface area contributed by atoms with Crippen molar-refractivity contribution in [3.05, 3.63) is 0 Å². The second-order valence-electron chi connectivity index (χ2n) is 6.13. The molecule has 0 aromatic heterocycles. The largest absolute Gasteiger partial charge is 0.383 e. The lowest BCUT2D eigenvalue weighted by Crippen LogP contribution is -2.46. The van der Waals surface area contributed by atoms with Crippen LogP contribution < -0.4 is 5.32 Å². The van der Waals surface area contributed by atoms with Crippen LogP contribution in [0.15, 0.2) is 0 Å². The zero-order chi connectivity index (χ0) is 14.8. The van der Waals surface area contributed by atoms with Gasteiger partial charge in [-0.1, -0.05) is 13.8 Å². The topological polar surface area (TPSA) is 33.7 Å². The van der Waals surface area contributed by atoms with Crippen molar-refractivity contribution in [3.8, 4) is 0 Å². The highest BCUT2D eigenvalue weighted by atomic mass is 16.5. The van der Waals surface area contributed by atoms with E-state index in [1.54, 1.807) is 14.2 Å². The van der Waals surface area contributed by atoms with Gasteiger partial charge in [-0.25, -0.2) is 0 Å². The average Bonchev–Trinajstić information content (AvgIpc) is 2.44. The second-order valence-corrected chi connectivity index (χ2v) is 6.13. The normalized spacial score (nSPS) is 27.1. The van der Waals surface area contributed by atoms with Crippen molar-refractivity contribution in [2.75, 3.05) is 53.6 Å². The number of ether oxygens (including phenoxy) is 2. The second kappa shape index (κ2) is 10.6. The van der Waals surface area contributed by atoms with Crippen LogP contribution in [0.5, 0.6) is 0 Å². The summed E-state index contributed by atoms with van der Waals surface area (Å²) in [6, 6.07) is 0.684. The smallest absolute Gasteiger partial charge is 0.0589 e. The molecule has 0 heterocycles. The Morgan fingerprint density at radius 2 is 1.75 bits per heavy atom. The Morgan fingerprint density at radius 3 is 2.30 bits per heavy atom. The Morgan fingerprint density at radius 1 is 1.10 bits per heavy atom. The van der Waals surface area contributed by atoms with Crippen LogP contribution in [0.2, 0.25) is 0 Å². The lowest BCUT2D eigenvalue weighted by molar-refractivity contribution is 0.0849. The lowest BCUT2D eigenvalue weighted by Gasteiger charge is -2.38. The van der Waals surface area contributed by atoms with E-state index in [0.717, 1.165) is 51.2 Å². The summed E-state index contributed by atoms with van der Waals surface area (Å²) in [5.41, 5.74) is 0. The van der Waals surface area contributed by atoms with E-state index in [1.807, 2.05) is 0 Å². The van der Waals surface area contributed by atoms with Gasteiger partial charge >= 0.3 is 0 Å². The summed E-state index contributed by atoms with van der Waals surface area (Å²) in [5.74, 6) is 1.62. The summed E-state index contributed by atoms with van der Waals surface area (Å²) in [4.78, 5) is 2.50. The summed E-state index contributed by atoms with van der Waals surface area (Å²) in [6.45, 7) is 10.5. The third-order valence-corrected chi connectivity index (χ3v) is 4.43. The van der Waals surface area contributed by atoms with E-state index < -0.39 is 0 Å². The molecule has 1 saturated carbocycles. The first kappa shape index (κ1) is 17.9. The first-order valence-corrected chi connectivity index (χ1v) is 8.14. The number of hydrogen-bond acceptors (Lipinski definition) is 4. The summed E-state index contributed by atoms with van der Waals surface area (Å²) < 4.78 is 10.5. The van der Waals surface area contributed by atoms with Gasteiger partial charge in [-0.3, -0.25) is 4.90 Å². The molecule has 0 aromatic rings. The fourth-order valence-corrected chi connectivity index (χ4v) is 3.30. The number of nitrogens with one attached hydrogen (secondary N) is 1. The molecule has 0 saturated heterocycles. The van der Waals surface area contributed by atoms with Crippen molar-refractivity contribution in [3.63, 3.8) is 0 Å².